The van der Waals surface area contributed by atoms with Gasteiger partial charge in [-0.25, -0.2) is 4.79 Å². The van der Waals surface area contributed by atoms with Crippen molar-refractivity contribution in [2.45, 2.75) is 19.6 Å². The van der Waals surface area contributed by atoms with E-state index in [1.165, 1.54) is 0 Å². The van der Waals surface area contributed by atoms with Gasteiger partial charge in [-0.2, -0.15) is 0 Å². The average molecular weight is 465 g/mol. The van der Waals surface area contributed by atoms with Crippen LogP contribution < -0.4 is 0 Å². The standard InChI is InChI=1S/C27H32O5Si/c1-29-14-15-30-16-17-31-18-19-32-27(28)26-10-6-9-24(22-26)12-11-23-7-5-8-25(21-23)13-20-33(2,3)4/h5-10,21-22H,14-19H2,1-4H3. The Balaban J connectivity index is 1.86. The lowest BCUT2D eigenvalue weighted by atomic mass is 10.1. The number of ether oxygens (including phenoxy) is 4. The van der Waals surface area contributed by atoms with Crippen LogP contribution in [0.25, 0.3) is 0 Å². The molecule has 2 rings (SSSR count). The molecule has 2 aromatic carbocycles. The van der Waals surface area contributed by atoms with Gasteiger partial charge < -0.3 is 18.9 Å². The van der Waals surface area contributed by atoms with Crippen molar-refractivity contribution in [3.05, 3.63) is 70.8 Å². The molecule has 6 heteroatoms. The molecule has 0 saturated heterocycles. The highest BCUT2D eigenvalue weighted by molar-refractivity contribution is 6.83. The highest BCUT2D eigenvalue weighted by atomic mass is 28.3. The number of esters is 1. The second kappa shape index (κ2) is 14.3. The van der Waals surface area contributed by atoms with E-state index < -0.39 is 14.0 Å². The first kappa shape index (κ1) is 26.4. The summed E-state index contributed by atoms with van der Waals surface area (Å²) in [5.41, 5.74) is 6.41. The third-order valence-corrected chi connectivity index (χ3v) is 5.03. The van der Waals surface area contributed by atoms with Crippen molar-refractivity contribution in [2.24, 2.45) is 0 Å². The maximum atomic E-state index is 12.3. The van der Waals surface area contributed by atoms with E-state index >= 15 is 0 Å². The first-order valence-electron chi connectivity index (χ1n) is 10.9. The van der Waals surface area contributed by atoms with E-state index in [4.69, 9.17) is 18.9 Å². The van der Waals surface area contributed by atoms with E-state index in [0.717, 1.165) is 16.7 Å². The summed E-state index contributed by atoms with van der Waals surface area (Å²) in [6.45, 7) is 9.16. The smallest absolute Gasteiger partial charge is 0.338 e. The molecular weight excluding hydrogens is 432 g/mol. The summed E-state index contributed by atoms with van der Waals surface area (Å²) in [5.74, 6) is 9.12. The van der Waals surface area contributed by atoms with Crippen LogP contribution in [0.3, 0.4) is 0 Å². The number of carbonyl (C=O) groups is 1. The quantitative estimate of drug-likeness (QED) is 0.229. The van der Waals surface area contributed by atoms with Gasteiger partial charge in [-0.1, -0.05) is 49.5 Å². The first-order valence-corrected chi connectivity index (χ1v) is 14.4. The lowest BCUT2D eigenvalue weighted by molar-refractivity contribution is 0.00570. The van der Waals surface area contributed by atoms with Crippen molar-refractivity contribution < 1.29 is 23.7 Å². The maximum absolute atomic E-state index is 12.3. The molecule has 0 atom stereocenters. The number of methoxy groups -OCH3 is 1. The second-order valence-electron chi connectivity index (χ2n) is 8.27. The molecule has 5 nitrogen and oxygen atoms in total. The van der Waals surface area contributed by atoms with Crippen LogP contribution >= 0.6 is 0 Å². The minimum Gasteiger partial charge on any atom is -0.460 e. The SMILES string of the molecule is COCCOCCOCCOC(=O)c1cccc(C#Cc2cccc(C#C[Si](C)(C)C)c2)c1. The van der Waals surface area contributed by atoms with E-state index in [1.54, 1.807) is 25.3 Å². The van der Waals surface area contributed by atoms with Crippen LogP contribution in [0, 0.1) is 23.3 Å². The Labute approximate surface area is 198 Å². The lowest BCUT2D eigenvalue weighted by Crippen LogP contribution is -2.16. The zero-order valence-corrected chi connectivity index (χ0v) is 20.9. The predicted octanol–water partition coefficient (Wildman–Crippen LogP) is 4.15. The molecule has 0 unspecified atom stereocenters. The molecule has 0 bridgehead atoms. The number of hydrogen-bond acceptors (Lipinski definition) is 5. The number of benzene rings is 2. The summed E-state index contributed by atoms with van der Waals surface area (Å²) >= 11 is 0. The van der Waals surface area contributed by atoms with Crippen molar-refractivity contribution in [1.82, 2.24) is 0 Å². The summed E-state index contributed by atoms with van der Waals surface area (Å²) in [6.07, 6.45) is 0. The normalized spacial score (nSPS) is 10.5. The summed E-state index contributed by atoms with van der Waals surface area (Å²) in [5, 5.41) is 0. The van der Waals surface area contributed by atoms with E-state index in [1.807, 2.05) is 30.3 Å². The molecule has 0 aliphatic rings. The Morgan fingerprint density at radius 2 is 1.30 bits per heavy atom. The van der Waals surface area contributed by atoms with Gasteiger partial charge in [0.1, 0.15) is 14.7 Å². The van der Waals surface area contributed by atoms with Gasteiger partial charge >= 0.3 is 5.97 Å². The van der Waals surface area contributed by atoms with Crippen LogP contribution in [0.5, 0.6) is 0 Å². The Morgan fingerprint density at radius 1 is 0.758 bits per heavy atom. The van der Waals surface area contributed by atoms with Crippen LogP contribution in [0.15, 0.2) is 48.5 Å². The summed E-state index contributed by atoms with van der Waals surface area (Å²) in [7, 11) is 0.199. The molecule has 0 saturated carbocycles. The van der Waals surface area contributed by atoms with Gasteiger partial charge in [0, 0.05) is 23.8 Å². The van der Waals surface area contributed by atoms with Gasteiger partial charge in [0.15, 0.2) is 0 Å². The van der Waals surface area contributed by atoms with Gasteiger partial charge in [-0.15, -0.1) is 5.54 Å². The van der Waals surface area contributed by atoms with E-state index in [9.17, 15) is 4.79 Å². The molecule has 0 spiro atoms. The van der Waals surface area contributed by atoms with Crippen molar-refractivity contribution in [2.75, 3.05) is 46.8 Å². The zero-order chi connectivity index (χ0) is 23.9. The molecular formula is C27H32O5Si. The zero-order valence-electron chi connectivity index (χ0n) is 19.9. The van der Waals surface area contributed by atoms with Gasteiger partial charge in [-0.05, 0) is 36.4 Å². The fraction of sp³-hybridized carbons (Fsp3) is 0.370. The van der Waals surface area contributed by atoms with Gasteiger partial charge in [-0.3, -0.25) is 0 Å². The van der Waals surface area contributed by atoms with Crippen molar-refractivity contribution >= 4 is 14.0 Å². The third kappa shape index (κ3) is 11.5. The molecule has 0 fully saturated rings. The topological polar surface area (TPSA) is 54.0 Å². The Kier molecular flexibility index (Phi) is 11.4. The largest absolute Gasteiger partial charge is 0.460 e. The van der Waals surface area contributed by atoms with Crippen molar-refractivity contribution in [3.63, 3.8) is 0 Å². The predicted molar refractivity (Wildman–Crippen MR) is 133 cm³/mol. The van der Waals surface area contributed by atoms with Crippen LogP contribution in [-0.2, 0) is 18.9 Å². The fourth-order valence-corrected chi connectivity index (χ4v) is 3.06. The minimum absolute atomic E-state index is 0.179. The van der Waals surface area contributed by atoms with Crippen molar-refractivity contribution in [1.29, 1.82) is 0 Å². The van der Waals surface area contributed by atoms with Gasteiger partial charge in [0.05, 0.1) is 38.6 Å². The van der Waals surface area contributed by atoms with Crippen LogP contribution in [0.1, 0.15) is 27.0 Å². The molecule has 0 heterocycles. The number of hydrogen-bond donors (Lipinski definition) is 0. The summed E-state index contributed by atoms with van der Waals surface area (Å²) in [4.78, 5) is 12.3. The molecule has 174 valence electrons. The lowest BCUT2D eigenvalue weighted by Gasteiger charge is -2.07. The van der Waals surface area contributed by atoms with Gasteiger partial charge in [0.25, 0.3) is 0 Å². The highest BCUT2D eigenvalue weighted by Crippen LogP contribution is 2.08. The van der Waals surface area contributed by atoms with E-state index in [0.29, 0.717) is 38.6 Å². The Morgan fingerprint density at radius 3 is 1.94 bits per heavy atom. The fourth-order valence-electron chi connectivity index (χ4n) is 2.54. The molecule has 0 aromatic heterocycles. The van der Waals surface area contributed by atoms with E-state index in [-0.39, 0.29) is 6.61 Å². The number of carbonyl (C=O) groups excluding carboxylic acids is 1. The van der Waals surface area contributed by atoms with E-state index in [2.05, 4.69) is 42.9 Å². The molecule has 2 aromatic rings. The van der Waals surface area contributed by atoms with Crippen LogP contribution in [-0.4, -0.2) is 60.8 Å². The molecule has 0 N–H and O–H groups in total. The molecule has 33 heavy (non-hydrogen) atoms. The van der Waals surface area contributed by atoms with Gasteiger partial charge in [0.2, 0.25) is 0 Å². The molecule has 0 aliphatic heterocycles. The summed E-state index contributed by atoms with van der Waals surface area (Å²) in [6, 6.07) is 15.0. The maximum Gasteiger partial charge on any atom is 0.338 e. The molecule has 0 aliphatic carbocycles. The van der Waals surface area contributed by atoms with Crippen molar-refractivity contribution in [3.8, 4) is 23.3 Å². The van der Waals surface area contributed by atoms with Crippen LogP contribution in [0.4, 0.5) is 0 Å². The third-order valence-electron chi connectivity index (χ3n) is 4.16. The average Bonchev–Trinajstić information content (AvgIpc) is 2.80. The number of rotatable bonds is 10. The summed E-state index contributed by atoms with van der Waals surface area (Å²) < 4.78 is 20.8. The Hall–Kier alpha value is -2.87. The second-order valence-corrected chi connectivity index (χ2v) is 13.0. The first-order chi connectivity index (χ1) is 15.9. The van der Waals surface area contributed by atoms with Crippen LogP contribution in [0.2, 0.25) is 19.6 Å². The Bertz CT molecular complexity index is 1020. The molecule has 0 radical (unpaired) electrons. The molecule has 0 amide bonds. The highest BCUT2D eigenvalue weighted by Gasteiger charge is 2.08. The minimum atomic E-state index is -1.43. The monoisotopic (exact) mass is 464 g/mol.